The average molecular weight is 409 g/mol. The van der Waals surface area contributed by atoms with E-state index in [4.69, 9.17) is 0 Å². The second-order valence-electron chi connectivity index (χ2n) is 9.37. The summed E-state index contributed by atoms with van der Waals surface area (Å²) in [5.41, 5.74) is 1.52. The molecule has 0 saturated heterocycles. The molecule has 0 heterocycles. The molecule has 0 radical (unpaired) electrons. The topological polar surface area (TPSA) is 54.4 Å². The number of alkyl halides is 1. The van der Waals surface area contributed by atoms with E-state index in [1.54, 1.807) is 0 Å². The van der Waals surface area contributed by atoms with Gasteiger partial charge < -0.3 is 5.11 Å². The van der Waals surface area contributed by atoms with Gasteiger partial charge in [-0.3, -0.25) is 9.59 Å². The van der Waals surface area contributed by atoms with Gasteiger partial charge in [-0.25, -0.2) is 0 Å². The van der Waals surface area contributed by atoms with Gasteiger partial charge in [0.15, 0.2) is 11.6 Å². The van der Waals surface area contributed by atoms with E-state index in [1.807, 2.05) is 6.08 Å². The Morgan fingerprint density at radius 1 is 1.28 bits per heavy atom. The summed E-state index contributed by atoms with van der Waals surface area (Å²) in [4.78, 5) is 24.7. The summed E-state index contributed by atoms with van der Waals surface area (Å²) >= 11 is 4.03. The molecule has 1 N–H and O–H groups in total. The molecule has 0 aromatic rings. The molecule has 4 heteroatoms. The lowest BCUT2D eigenvalue weighted by molar-refractivity contribution is -0.132. The summed E-state index contributed by atoms with van der Waals surface area (Å²) < 4.78 is 0. The van der Waals surface area contributed by atoms with Crippen molar-refractivity contribution in [2.45, 2.75) is 63.6 Å². The van der Waals surface area contributed by atoms with E-state index < -0.39 is 0 Å². The Morgan fingerprint density at radius 3 is 2.76 bits per heavy atom. The Balaban J connectivity index is 1.70. The van der Waals surface area contributed by atoms with Crippen LogP contribution in [0, 0.1) is 34.5 Å². The zero-order valence-electron chi connectivity index (χ0n) is 15.3. The van der Waals surface area contributed by atoms with Crippen molar-refractivity contribution >= 4 is 27.5 Å². The number of carbonyl (C=O) groups is 2. The van der Waals surface area contributed by atoms with Crippen LogP contribution in [0.2, 0.25) is 0 Å². The fraction of sp³-hybridized carbons (Fsp3) is 0.810. The second kappa shape index (κ2) is 6.02. The quantitative estimate of drug-likeness (QED) is 0.700. The zero-order valence-corrected chi connectivity index (χ0v) is 16.8. The average Bonchev–Trinajstić information content (AvgIpc) is 2.91. The molecule has 0 aromatic carbocycles. The molecule has 4 rings (SSSR count). The molecule has 7 atom stereocenters. The molecule has 25 heavy (non-hydrogen) atoms. The standard InChI is InChI=1S/C21H29BrO3/c1-20-8-7-13(24)9-12(20)3-4-14-15-5-6-16(18(25)11-23)21(15,2)10-17(22)19(14)20/h9,14-17,19,23H,3-8,10-11H2,1-2H3/t14-,15-,16+,17+,19+,20-,21-/m0/s1. The van der Waals surface area contributed by atoms with Crippen molar-refractivity contribution < 1.29 is 14.7 Å². The lowest BCUT2D eigenvalue weighted by Crippen LogP contribution is -2.55. The smallest absolute Gasteiger partial charge is 0.161 e. The van der Waals surface area contributed by atoms with Crippen LogP contribution in [-0.2, 0) is 9.59 Å². The van der Waals surface area contributed by atoms with E-state index in [0.717, 1.165) is 38.5 Å². The Morgan fingerprint density at radius 2 is 2.04 bits per heavy atom. The number of carbonyl (C=O) groups excluding carboxylic acids is 2. The first-order chi connectivity index (χ1) is 11.8. The molecule has 3 nitrogen and oxygen atoms in total. The fourth-order valence-electron chi connectivity index (χ4n) is 7.25. The predicted octanol–water partition coefficient (Wildman–Crippen LogP) is 4.07. The van der Waals surface area contributed by atoms with Gasteiger partial charge in [-0.05, 0) is 73.2 Å². The van der Waals surface area contributed by atoms with Crippen LogP contribution in [-0.4, -0.2) is 28.1 Å². The van der Waals surface area contributed by atoms with Crippen molar-refractivity contribution in [3.63, 3.8) is 0 Å². The van der Waals surface area contributed by atoms with Gasteiger partial charge in [0.1, 0.15) is 6.61 Å². The largest absolute Gasteiger partial charge is 0.389 e. The van der Waals surface area contributed by atoms with Gasteiger partial charge in [0.2, 0.25) is 0 Å². The highest BCUT2D eigenvalue weighted by Crippen LogP contribution is 2.67. The molecular weight excluding hydrogens is 380 g/mol. The molecule has 4 aliphatic carbocycles. The molecule has 0 unspecified atom stereocenters. The van der Waals surface area contributed by atoms with Crippen molar-refractivity contribution in [3.05, 3.63) is 11.6 Å². The number of hydrogen-bond acceptors (Lipinski definition) is 3. The lowest BCUT2D eigenvalue weighted by Gasteiger charge is -2.59. The summed E-state index contributed by atoms with van der Waals surface area (Å²) in [7, 11) is 0. The maximum Gasteiger partial charge on any atom is 0.161 e. The van der Waals surface area contributed by atoms with Gasteiger partial charge in [0, 0.05) is 17.2 Å². The number of aliphatic hydroxyl groups is 1. The number of aliphatic hydroxyl groups excluding tert-OH is 1. The van der Waals surface area contributed by atoms with Gasteiger partial charge in [0.05, 0.1) is 0 Å². The maximum atomic E-state index is 12.4. The highest BCUT2D eigenvalue weighted by molar-refractivity contribution is 9.09. The number of fused-ring (bicyclic) bond motifs is 5. The maximum absolute atomic E-state index is 12.4. The third-order valence-electron chi connectivity index (χ3n) is 8.40. The molecule has 0 aromatic heterocycles. The van der Waals surface area contributed by atoms with Crippen molar-refractivity contribution in [3.8, 4) is 0 Å². The first kappa shape index (κ1) is 17.9. The highest BCUT2D eigenvalue weighted by atomic mass is 79.9. The minimum absolute atomic E-state index is 0.0111. The summed E-state index contributed by atoms with van der Waals surface area (Å²) in [5, 5.41) is 9.42. The minimum Gasteiger partial charge on any atom is -0.389 e. The minimum atomic E-state index is -0.319. The van der Waals surface area contributed by atoms with E-state index in [0.29, 0.717) is 34.8 Å². The van der Waals surface area contributed by atoms with Gasteiger partial charge in [-0.15, -0.1) is 0 Å². The molecule has 3 saturated carbocycles. The van der Waals surface area contributed by atoms with Crippen LogP contribution in [0.4, 0.5) is 0 Å². The van der Waals surface area contributed by atoms with E-state index in [2.05, 4.69) is 29.8 Å². The number of halogens is 1. The van der Waals surface area contributed by atoms with Crippen LogP contribution < -0.4 is 0 Å². The van der Waals surface area contributed by atoms with Crippen LogP contribution in [0.15, 0.2) is 11.6 Å². The Kier molecular flexibility index (Phi) is 4.31. The zero-order chi connectivity index (χ0) is 18.0. The third kappa shape index (κ3) is 2.46. The van der Waals surface area contributed by atoms with E-state index in [9.17, 15) is 14.7 Å². The summed E-state index contributed by atoms with van der Waals surface area (Å²) in [6, 6.07) is 0. The number of allylic oxidation sites excluding steroid dienone is 1. The summed E-state index contributed by atoms with van der Waals surface area (Å²) in [6.07, 6.45) is 8.82. The highest BCUT2D eigenvalue weighted by Gasteiger charge is 2.62. The van der Waals surface area contributed by atoms with Crippen LogP contribution in [0.3, 0.4) is 0 Å². The Hall–Kier alpha value is -0.480. The first-order valence-corrected chi connectivity index (χ1v) is 10.7. The van der Waals surface area contributed by atoms with Crippen molar-refractivity contribution in [2.24, 2.45) is 34.5 Å². The SMILES string of the molecule is C[C@]12C[C@@H](Br)[C@H]3[C@@H](CCC4=CC(=O)CC[C@@]43C)[C@@H]1CC[C@@H]2C(=O)CO. The number of hydrogen-bond donors (Lipinski definition) is 1. The molecule has 0 bridgehead atoms. The normalized spacial score (nSPS) is 49.0. The third-order valence-corrected chi connectivity index (χ3v) is 9.29. The van der Waals surface area contributed by atoms with Gasteiger partial charge in [-0.2, -0.15) is 0 Å². The first-order valence-electron chi connectivity index (χ1n) is 9.83. The van der Waals surface area contributed by atoms with Crippen molar-refractivity contribution in [2.75, 3.05) is 6.61 Å². The van der Waals surface area contributed by atoms with Gasteiger partial charge in [-0.1, -0.05) is 35.4 Å². The molecule has 0 aliphatic heterocycles. The second-order valence-corrected chi connectivity index (χ2v) is 10.5. The molecule has 3 fully saturated rings. The van der Waals surface area contributed by atoms with Gasteiger partial charge in [0.25, 0.3) is 0 Å². The molecule has 0 amide bonds. The number of ketones is 2. The number of rotatable bonds is 2. The van der Waals surface area contributed by atoms with Crippen LogP contribution in [0.5, 0.6) is 0 Å². The van der Waals surface area contributed by atoms with E-state index in [-0.39, 0.29) is 29.1 Å². The Bertz CT molecular complexity index is 641. The van der Waals surface area contributed by atoms with Gasteiger partial charge >= 0.3 is 0 Å². The van der Waals surface area contributed by atoms with Crippen LogP contribution >= 0.6 is 15.9 Å². The molecular formula is C21H29BrO3. The van der Waals surface area contributed by atoms with Crippen LogP contribution in [0.1, 0.15) is 58.8 Å². The molecule has 4 aliphatic rings. The monoisotopic (exact) mass is 408 g/mol. The summed E-state index contributed by atoms with van der Waals surface area (Å²) in [5.74, 6) is 2.10. The molecule has 138 valence electrons. The van der Waals surface area contributed by atoms with Crippen molar-refractivity contribution in [1.29, 1.82) is 0 Å². The van der Waals surface area contributed by atoms with Crippen LogP contribution in [0.25, 0.3) is 0 Å². The Labute approximate surface area is 158 Å². The molecule has 0 spiro atoms. The van der Waals surface area contributed by atoms with Crippen molar-refractivity contribution in [1.82, 2.24) is 0 Å². The van der Waals surface area contributed by atoms with E-state index >= 15 is 0 Å². The fourth-order valence-corrected chi connectivity index (χ4v) is 8.93. The number of Topliss-reactive ketones (excluding diaryl/α,β-unsaturated/α-hetero) is 1. The predicted molar refractivity (Wildman–Crippen MR) is 100 cm³/mol. The summed E-state index contributed by atoms with van der Waals surface area (Å²) in [6.45, 7) is 4.36. The lowest BCUT2D eigenvalue weighted by atomic mass is 9.46. The van der Waals surface area contributed by atoms with E-state index in [1.165, 1.54) is 5.57 Å².